The average Bonchev–Trinajstić information content (AvgIpc) is 2.26. The second kappa shape index (κ2) is 5.88. The Kier molecular flexibility index (Phi) is 4.78. The van der Waals surface area contributed by atoms with Crippen LogP contribution in [0.4, 0.5) is 0 Å². The smallest absolute Gasteiger partial charge is 0.223 e. The Hall–Kier alpha value is -0.870. The molecule has 86 valence electrons. The molecule has 4 nitrogen and oxygen atoms in total. The van der Waals surface area contributed by atoms with Crippen molar-refractivity contribution in [3.05, 3.63) is 12.2 Å². The lowest BCUT2D eigenvalue weighted by molar-refractivity contribution is -0.125. The van der Waals surface area contributed by atoms with Crippen LogP contribution in [0, 0.1) is 5.92 Å². The third-order valence-electron chi connectivity index (χ3n) is 2.77. The number of hydrogen-bond donors (Lipinski definition) is 3. The first-order valence-corrected chi connectivity index (χ1v) is 5.47. The summed E-state index contributed by atoms with van der Waals surface area (Å²) < 4.78 is 0. The Morgan fingerprint density at radius 3 is 2.93 bits per heavy atom. The van der Waals surface area contributed by atoms with E-state index in [9.17, 15) is 4.79 Å². The van der Waals surface area contributed by atoms with Crippen molar-refractivity contribution in [2.75, 3.05) is 6.54 Å². The molecular weight excluding hydrogens is 192 g/mol. The highest BCUT2D eigenvalue weighted by atomic mass is 16.3. The molecular formula is C11H20N2O2. The van der Waals surface area contributed by atoms with Crippen molar-refractivity contribution in [1.82, 2.24) is 5.32 Å². The summed E-state index contributed by atoms with van der Waals surface area (Å²) in [5.41, 5.74) is 5.62. The fraction of sp³-hybridized carbons (Fsp3) is 0.727. The fourth-order valence-corrected chi connectivity index (χ4v) is 1.57. The SMILES string of the molecule is CC(O)C(N)CNC(=O)C1CC=CCC1. The maximum Gasteiger partial charge on any atom is 0.223 e. The van der Waals surface area contributed by atoms with E-state index in [1.54, 1.807) is 6.92 Å². The van der Waals surface area contributed by atoms with Crippen LogP contribution >= 0.6 is 0 Å². The lowest BCUT2D eigenvalue weighted by atomic mass is 9.93. The van der Waals surface area contributed by atoms with Crippen molar-refractivity contribution < 1.29 is 9.90 Å². The zero-order valence-electron chi connectivity index (χ0n) is 9.15. The highest BCUT2D eigenvalue weighted by molar-refractivity contribution is 5.79. The van der Waals surface area contributed by atoms with Gasteiger partial charge in [-0.05, 0) is 26.2 Å². The van der Waals surface area contributed by atoms with Gasteiger partial charge in [-0.1, -0.05) is 12.2 Å². The molecule has 0 heterocycles. The Morgan fingerprint density at radius 1 is 1.67 bits per heavy atom. The van der Waals surface area contributed by atoms with Gasteiger partial charge in [-0.2, -0.15) is 0 Å². The average molecular weight is 212 g/mol. The van der Waals surface area contributed by atoms with Gasteiger partial charge in [-0.25, -0.2) is 0 Å². The minimum Gasteiger partial charge on any atom is -0.392 e. The number of nitrogens with one attached hydrogen (secondary N) is 1. The Balaban J connectivity index is 2.26. The molecule has 3 atom stereocenters. The van der Waals surface area contributed by atoms with Crippen LogP contribution in [0.3, 0.4) is 0 Å². The monoisotopic (exact) mass is 212 g/mol. The van der Waals surface area contributed by atoms with Gasteiger partial charge in [-0.15, -0.1) is 0 Å². The second-order valence-electron chi connectivity index (χ2n) is 4.13. The molecule has 1 aliphatic rings. The zero-order chi connectivity index (χ0) is 11.3. The number of rotatable bonds is 4. The number of allylic oxidation sites excluding steroid dienone is 2. The molecule has 0 aromatic heterocycles. The van der Waals surface area contributed by atoms with Crippen LogP contribution in [0.1, 0.15) is 26.2 Å². The van der Waals surface area contributed by atoms with Crippen LogP contribution < -0.4 is 11.1 Å². The van der Waals surface area contributed by atoms with Crippen LogP contribution in [-0.2, 0) is 4.79 Å². The zero-order valence-corrected chi connectivity index (χ0v) is 9.15. The topological polar surface area (TPSA) is 75.3 Å². The van der Waals surface area contributed by atoms with E-state index in [4.69, 9.17) is 10.8 Å². The summed E-state index contributed by atoms with van der Waals surface area (Å²) in [6, 6.07) is -0.381. The van der Waals surface area contributed by atoms with Gasteiger partial charge in [0.1, 0.15) is 0 Å². The molecule has 1 aliphatic carbocycles. The second-order valence-corrected chi connectivity index (χ2v) is 4.13. The molecule has 4 heteroatoms. The number of amides is 1. The standard InChI is InChI=1S/C11H20N2O2/c1-8(14)10(12)7-13-11(15)9-5-3-2-4-6-9/h2-3,8-10,14H,4-7,12H2,1H3,(H,13,15). The summed E-state index contributed by atoms with van der Waals surface area (Å²) in [7, 11) is 0. The first-order chi connectivity index (χ1) is 7.11. The lowest BCUT2D eigenvalue weighted by Crippen LogP contribution is -2.45. The van der Waals surface area contributed by atoms with Crippen molar-refractivity contribution in [2.24, 2.45) is 11.7 Å². The molecule has 0 spiro atoms. The van der Waals surface area contributed by atoms with E-state index in [0.29, 0.717) is 6.54 Å². The van der Waals surface area contributed by atoms with E-state index < -0.39 is 6.10 Å². The molecule has 1 amide bonds. The minimum absolute atomic E-state index is 0.0513. The van der Waals surface area contributed by atoms with Crippen LogP contribution in [0.25, 0.3) is 0 Å². The predicted molar refractivity (Wildman–Crippen MR) is 59.1 cm³/mol. The summed E-state index contributed by atoms with van der Waals surface area (Å²) in [6.45, 7) is 1.97. The maximum absolute atomic E-state index is 11.6. The van der Waals surface area contributed by atoms with E-state index in [1.807, 2.05) is 6.08 Å². The number of carbonyl (C=O) groups excluding carboxylic acids is 1. The van der Waals surface area contributed by atoms with E-state index in [2.05, 4.69) is 11.4 Å². The first-order valence-electron chi connectivity index (χ1n) is 5.47. The summed E-state index contributed by atoms with van der Waals surface area (Å²) in [4.78, 5) is 11.6. The van der Waals surface area contributed by atoms with Gasteiger partial charge in [-0.3, -0.25) is 4.79 Å². The predicted octanol–water partition coefficient (Wildman–Crippen LogP) is 0.167. The van der Waals surface area contributed by atoms with Crippen molar-refractivity contribution in [1.29, 1.82) is 0 Å². The van der Waals surface area contributed by atoms with E-state index in [0.717, 1.165) is 19.3 Å². The summed E-state index contributed by atoms with van der Waals surface area (Å²) in [6.07, 6.45) is 6.26. The van der Waals surface area contributed by atoms with Gasteiger partial charge in [0.15, 0.2) is 0 Å². The van der Waals surface area contributed by atoms with Gasteiger partial charge < -0.3 is 16.2 Å². The molecule has 15 heavy (non-hydrogen) atoms. The summed E-state index contributed by atoms with van der Waals surface area (Å²) in [5, 5.41) is 11.9. The van der Waals surface area contributed by atoms with E-state index in [-0.39, 0.29) is 17.9 Å². The molecule has 0 fully saturated rings. The Bertz CT molecular complexity index is 239. The quantitative estimate of drug-likeness (QED) is 0.581. The fourth-order valence-electron chi connectivity index (χ4n) is 1.57. The molecule has 3 unspecified atom stereocenters. The molecule has 0 bridgehead atoms. The number of aliphatic hydroxyl groups is 1. The van der Waals surface area contributed by atoms with Crippen LogP contribution in [0.5, 0.6) is 0 Å². The van der Waals surface area contributed by atoms with Gasteiger partial charge >= 0.3 is 0 Å². The van der Waals surface area contributed by atoms with Crippen molar-refractivity contribution in [3.63, 3.8) is 0 Å². The number of carbonyl (C=O) groups is 1. The van der Waals surface area contributed by atoms with Crippen molar-refractivity contribution in [2.45, 2.75) is 38.3 Å². The largest absolute Gasteiger partial charge is 0.392 e. The number of aliphatic hydroxyl groups excluding tert-OH is 1. The molecule has 0 radical (unpaired) electrons. The molecule has 4 N–H and O–H groups in total. The van der Waals surface area contributed by atoms with Crippen LogP contribution in [0.2, 0.25) is 0 Å². The van der Waals surface area contributed by atoms with Gasteiger partial charge in [0.05, 0.1) is 6.10 Å². The highest BCUT2D eigenvalue weighted by Gasteiger charge is 2.19. The van der Waals surface area contributed by atoms with Crippen LogP contribution in [-0.4, -0.2) is 29.7 Å². The minimum atomic E-state index is -0.587. The number of nitrogens with two attached hydrogens (primary N) is 1. The first kappa shape index (κ1) is 12.2. The number of hydrogen-bond acceptors (Lipinski definition) is 3. The normalized spacial score (nSPS) is 24.6. The highest BCUT2D eigenvalue weighted by Crippen LogP contribution is 2.17. The lowest BCUT2D eigenvalue weighted by Gasteiger charge is -2.20. The van der Waals surface area contributed by atoms with Crippen LogP contribution in [0.15, 0.2) is 12.2 Å². The molecule has 0 saturated carbocycles. The molecule has 1 rings (SSSR count). The van der Waals surface area contributed by atoms with Crippen molar-refractivity contribution >= 4 is 5.91 Å². The van der Waals surface area contributed by atoms with Gasteiger partial charge in [0.25, 0.3) is 0 Å². The molecule has 0 saturated heterocycles. The summed E-state index contributed by atoms with van der Waals surface area (Å²) >= 11 is 0. The molecule has 0 aromatic rings. The Labute approximate surface area is 90.5 Å². The Morgan fingerprint density at radius 2 is 2.40 bits per heavy atom. The van der Waals surface area contributed by atoms with E-state index in [1.165, 1.54) is 0 Å². The maximum atomic E-state index is 11.6. The summed E-state index contributed by atoms with van der Waals surface area (Å²) in [5.74, 6) is 0.131. The molecule has 0 aromatic carbocycles. The third-order valence-corrected chi connectivity index (χ3v) is 2.77. The molecule has 0 aliphatic heterocycles. The van der Waals surface area contributed by atoms with Crippen molar-refractivity contribution in [3.8, 4) is 0 Å². The van der Waals surface area contributed by atoms with E-state index >= 15 is 0 Å². The third kappa shape index (κ3) is 4.01. The van der Waals surface area contributed by atoms with Gasteiger partial charge in [0, 0.05) is 18.5 Å². The van der Waals surface area contributed by atoms with Gasteiger partial charge in [0.2, 0.25) is 5.91 Å².